The lowest BCUT2D eigenvalue weighted by Gasteiger charge is -2.27. The third-order valence-electron chi connectivity index (χ3n) is 4.70. The molecule has 0 unspecified atom stereocenters. The number of amidine groups is 1. The number of hydrogen-bond acceptors (Lipinski definition) is 4. The van der Waals surface area contributed by atoms with Gasteiger partial charge in [0.25, 0.3) is 15.9 Å². The first-order valence-electron chi connectivity index (χ1n) is 9.11. The van der Waals surface area contributed by atoms with Crippen LogP contribution in [-0.4, -0.2) is 37.4 Å². The van der Waals surface area contributed by atoms with E-state index in [1.54, 1.807) is 23.3 Å². The van der Waals surface area contributed by atoms with Crippen LogP contribution in [0.15, 0.2) is 46.5 Å². The molecule has 3 rings (SSSR count). The van der Waals surface area contributed by atoms with Crippen LogP contribution in [0.1, 0.15) is 50.7 Å². The second-order valence-corrected chi connectivity index (χ2v) is 9.18. The van der Waals surface area contributed by atoms with Crippen molar-refractivity contribution in [3.63, 3.8) is 0 Å². The van der Waals surface area contributed by atoms with Crippen molar-refractivity contribution in [2.45, 2.75) is 39.5 Å². The number of amides is 1. The summed E-state index contributed by atoms with van der Waals surface area (Å²) >= 11 is 0. The van der Waals surface area contributed by atoms with Gasteiger partial charge in [0.1, 0.15) is 5.84 Å². The van der Waals surface area contributed by atoms with Gasteiger partial charge in [-0.2, -0.15) is 0 Å². The van der Waals surface area contributed by atoms with Crippen molar-refractivity contribution in [1.29, 1.82) is 0 Å². The number of carbonyl (C=O) groups is 1. The quantitative estimate of drug-likeness (QED) is 0.859. The molecular weight excluding hydrogens is 362 g/mol. The number of fused-ring (bicyclic) bond motifs is 1. The summed E-state index contributed by atoms with van der Waals surface area (Å²) in [6.07, 6.45) is 4.84. The highest BCUT2D eigenvalue weighted by molar-refractivity contribution is 7.90. The molecule has 0 atom stereocenters. The number of benzene rings is 1. The summed E-state index contributed by atoms with van der Waals surface area (Å²) in [5, 5.41) is 3.08. The van der Waals surface area contributed by atoms with E-state index in [2.05, 4.69) is 37.4 Å². The van der Waals surface area contributed by atoms with Crippen LogP contribution < -0.4 is 5.32 Å². The van der Waals surface area contributed by atoms with Gasteiger partial charge < -0.3 is 10.2 Å². The van der Waals surface area contributed by atoms with E-state index in [1.165, 1.54) is 0 Å². The maximum atomic E-state index is 12.9. The van der Waals surface area contributed by atoms with Crippen LogP contribution in [0.25, 0.3) is 0 Å². The summed E-state index contributed by atoms with van der Waals surface area (Å²) in [7, 11) is -3.40. The molecule has 144 valence electrons. The van der Waals surface area contributed by atoms with E-state index in [0.717, 1.165) is 16.8 Å². The SMILES string of the molecule is CC(C)c1cccc(C(C)C)c1NC(=O)C1=CN2CCS(=O)(=O)N=C2C=C1. The van der Waals surface area contributed by atoms with Gasteiger partial charge in [-0.25, -0.2) is 8.42 Å². The van der Waals surface area contributed by atoms with E-state index >= 15 is 0 Å². The highest BCUT2D eigenvalue weighted by Crippen LogP contribution is 2.33. The molecule has 1 aromatic carbocycles. The molecule has 0 saturated carbocycles. The van der Waals surface area contributed by atoms with Crippen LogP contribution in [0.5, 0.6) is 0 Å². The maximum absolute atomic E-state index is 12.9. The zero-order valence-electron chi connectivity index (χ0n) is 16.1. The Kier molecular flexibility index (Phi) is 5.24. The number of rotatable bonds is 4. The van der Waals surface area contributed by atoms with Gasteiger partial charge >= 0.3 is 0 Å². The number of para-hydroxylation sites is 1. The highest BCUT2D eigenvalue weighted by atomic mass is 32.2. The maximum Gasteiger partial charge on any atom is 0.257 e. The van der Waals surface area contributed by atoms with Crippen molar-refractivity contribution < 1.29 is 13.2 Å². The molecule has 0 radical (unpaired) electrons. The molecule has 0 aliphatic carbocycles. The summed E-state index contributed by atoms with van der Waals surface area (Å²) in [5.41, 5.74) is 3.53. The lowest BCUT2D eigenvalue weighted by Crippen LogP contribution is -2.37. The van der Waals surface area contributed by atoms with Crippen LogP contribution in [0.2, 0.25) is 0 Å². The van der Waals surface area contributed by atoms with Gasteiger partial charge in [0.2, 0.25) is 0 Å². The molecule has 1 aromatic rings. The molecular formula is C20H25N3O3S. The normalized spacial score (nSPS) is 18.2. The minimum absolute atomic E-state index is 0.0522. The van der Waals surface area contributed by atoms with Crippen molar-refractivity contribution in [3.8, 4) is 0 Å². The summed E-state index contributed by atoms with van der Waals surface area (Å²) in [4.78, 5) is 14.6. The van der Waals surface area contributed by atoms with Crippen LogP contribution >= 0.6 is 0 Å². The fourth-order valence-corrected chi connectivity index (χ4v) is 4.19. The van der Waals surface area contributed by atoms with Crippen LogP contribution in [0, 0.1) is 0 Å². The summed E-state index contributed by atoms with van der Waals surface area (Å²) in [5.74, 6) is 0.641. The fourth-order valence-electron chi connectivity index (χ4n) is 3.22. The largest absolute Gasteiger partial charge is 0.330 e. The average molecular weight is 388 g/mol. The summed E-state index contributed by atoms with van der Waals surface area (Å²) in [6.45, 7) is 8.71. The second-order valence-electron chi connectivity index (χ2n) is 7.42. The van der Waals surface area contributed by atoms with E-state index in [-0.39, 0.29) is 23.5 Å². The van der Waals surface area contributed by atoms with E-state index in [4.69, 9.17) is 0 Å². The standard InChI is InChI=1S/C20H25N3O3S/c1-13(2)16-6-5-7-17(14(3)4)19(16)21-20(24)15-8-9-18-22-27(25,26)11-10-23(18)12-15/h5-9,12-14H,10-11H2,1-4H3,(H,21,24). The Balaban J connectivity index is 1.90. The van der Waals surface area contributed by atoms with E-state index in [1.807, 2.05) is 18.2 Å². The van der Waals surface area contributed by atoms with E-state index in [9.17, 15) is 13.2 Å². The first-order valence-corrected chi connectivity index (χ1v) is 10.7. The minimum Gasteiger partial charge on any atom is -0.330 e. The molecule has 2 aliphatic heterocycles. The van der Waals surface area contributed by atoms with Crippen molar-refractivity contribution in [2.75, 3.05) is 17.6 Å². The van der Waals surface area contributed by atoms with Crippen molar-refractivity contribution >= 4 is 27.5 Å². The van der Waals surface area contributed by atoms with Gasteiger partial charge in [0, 0.05) is 18.4 Å². The number of nitrogens with zero attached hydrogens (tertiary/aromatic N) is 2. The Hall–Kier alpha value is -2.41. The summed E-state index contributed by atoms with van der Waals surface area (Å²) in [6, 6.07) is 6.10. The van der Waals surface area contributed by atoms with E-state index < -0.39 is 10.0 Å². The third-order valence-corrected chi connectivity index (χ3v) is 5.86. The monoisotopic (exact) mass is 387 g/mol. The first kappa shape index (κ1) is 19.4. The third kappa shape index (κ3) is 4.13. The molecule has 27 heavy (non-hydrogen) atoms. The predicted octanol–water partition coefficient (Wildman–Crippen LogP) is 3.37. The predicted molar refractivity (Wildman–Crippen MR) is 108 cm³/mol. The molecule has 0 spiro atoms. The number of nitrogens with one attached hydrogen (secondary N) is 1. The van der Waals surface area contributed by atoms with Crippen molar-refractivity contribution in [2.24, 2.45) is 4.40 Å². The molecule has 1 N–H and O–H groups in total. The molecule has 6 nitrogen and oxygen atoms in total. The van der Waals surface area contributed by atoms with E-state index in [0.29, 0.717) is 18.0 Å². The lowest BCUT2D eigenvalue weighted by molar-refractivity contribution is -0.112. The van der Waals surface area contributed by atoms with Crippen molar-refractivity contribution in [1.82, 2.24) is 4.90 Å². The van der Waals surface area contributed by atoms with Gasteiger partial charge in [-0.1, -0.05) is 45.9 Å². The summed E-state index contributed by atoms with van der Waals surface area (Å²) < 4.78 is 27.0. The average Bonchev–Trinajstić information content (AvgIpc) is 2.60. The molecule has 0 saturated heterocycles. The molecule has 1 amide bonds. The van der Waals surface area contributed by atoms with Crippen molar-refractivity contribution in [3.05, 3.63) is 53.3 Å². The molecule has 2 aliphatic rings. The topological polar surface area (TPSA) is 78.8 Å². The number of carbonyl (C=O) groups excluding carboxylic acids is 1. The zero-order valence-corrected chi connectivity index (χ0v) is 16.9. The number of anilines is 1. The van der Waals surface area contributed by atoms with Gasteiger partial charge in [-0.05, 0) is 35.1 Å². The van der Waals surface area contributed by atoms with Gasteiger partial charge in [0.05, 0.1) is 11.3 Å². The minimum atomic E-state index is -3.40. The molecule has 0 fully saturated rings. The Morgan fingerprint density at radius 2 is 1.74 bits per heavy atom. The Morgan fingerprint density at radius 3 is 2.33 bits per heavy atom. The molecule has 0 bridgehead atoms. The van der Waals surface area contributed by atoms with Crippen LogP contribution in [0.4, 0.5) is 5.69 Å². The highest BCUT2D eigenvalue weighted by Gasteiger charge is 2.25. The number of hydrogen-bond donors (Lipinski definition) is 1. The molecule has 7 heteroatoms. The first-order chi connectivity index (χ1) is 12.7. The number of sulfonamides is 1. The van der Waals surface area contributed by atoms with Gasteiger partial charge in [-0.15, -0.1) is 4.40 Å². The van der Waals surface area contributed by atoms with Gasteiger partial charge in [0.15, 0.2) is 0 Å². The fraction of sp³-hybridized carbons (Fsp3) is 0.400. The zero-order chi connectivity index (χ0) is 19.8. The lowest BCUT2D eigenvalue weighted by atomic mass is 9.92. The van der Waals surface area contributed by atoms with Crippen LogP contribution in [0.3, 0.4) is 0 Å². The Bertz CT molecular complexity index is 930. The molecule has 2 heterocycles. The Labute approximate surface area is 160 Å². The smallest absolute Gasteiger partial charge is 0.257 e. The molecule has 0 aromatic heterocycles. The van der Waals surface area contributed by atoms with Crippen LogP contribution in [-0.2, 0) is 14.8 Å². The second kappa shape index (κ2) is 7.31. The van der Waals surface area contributed by atoms with Gasteiger partial charge in [-0.3, -0.25) is 4.79 Å². The Morgan fingerprint density at radius 1 is 1.11 bits per heavy atom.